The molecule has 5 fully saturated rings. The number of carboxylic acids is 1. The fraction of sp³-hybridized carbons (Fsp3) is 0.929. The van der Waals surface area contributed by atoms with Gasteiger partial charge < -0.3 is 88.9 Å². The van der Waals surface area contributed by atoms with Gasteiger partial charge in [0.05, 0.1) is 43.0 Å². The lowest BCUT2D eigenvalue weighted by Gasteiger charge is -2.47. The van der Waals surface area contributed by atoms with E-state index in [0.717, 1.165) is 25.0 Å². The molecule has 18 N–H and O–H groups in total. The van der Waals surface area contributed by atoms with E-state index in [2.05, 4.69) is 10.6 Å². The first-order chi connectivity index (χ1) is 22.7. The number of carbonyl (C=O) groups is 2. The third-order valence-electron chi connectivity index (χ3n) is 9.48. The number of unbranched alkanes of at least 4 members (excludes halogenated alkanes) is 1. The molecule has 5 aliphatic rings. The zero-order valence-electron chi connectivity index (χ0n) is 26.6. The van der Waals surface area contributed by atoms with Crippen LogP contribution >= 0.6 is 11.8 Å². The fourth-order valence-corrected chi connectivity index (χ4v) is 8.24. The number of nitrogens with one attached hydrogen (secondary N) is 2. The van der Waals surface area contributed by atoms with Gasteiger partial charge in [0.15, 0.2) is 12.6 Å². The van der Waals surface area contributed by atoms with Gasteiger partial charge in [-0.25, -0.2) is 4.79 Å². The largest absolute Gasteiger partial charge is 0.481 e. The molecule has 0 unspecified atom stereocenters. The molecule has 0 aromatic rings. The summed E-state index contributed by atoms with van der Waals surface area (Å²) in [5, 5.41) is 65.5. The lowest BCUT2D eigenvalue weighted by atomic mass is 9.84. The van der Waals surface area contributed by atoms with Crippen molar-refractivity contribution in [2.45, 2.75) is 141 Å². The third kappa shape index (κ3) is 9.44. The van der Waals surface area contributed by atoms with Gasteiger partial charge in [-0.3, -0.25) is 4.79 Å². The molecule has 278 valence electrons. The highest BCUT2D eigenvalue weighted by molar-refractivity contribution is 8.00. The van der Waals surface area contributed by atoms with Gasteiger partial charge in [-0.15, -0.1) is 0 Å². The molecule has 0 aromatic carbocycles. The summed E-state index contributed by atoms with van der Waals surface area (Å²) in [5.74, 6) is 0.236. The molecular weight excluding hydrogens is 658 g/mol. The molecule has 0 radical (unpaired) electrons. The van der Waals surface area contributed by atoms with Gasteiger partial charge in [-0.1, -0.05) is 6.42 Å². The van der Waals surface area contributed by atoms with Gasteiger partial charge in [-0.2, -0.15) is 11.8 Å². The Morgan fingerprint density at radius 2 is 1.52 bits per heavy atom. The Morgan fingerprint density at radius 3 is 2.15 bits per heavy atom. The maximum atomic E-state index is 11.1. The van der Waals surface area contributed by atoms with E-state index in [4.69, 9.17) is 52.7 Å². The Balaban J connectivity index is 0.000000271. The van der Waals surface area contributed by atoms with Crippen molar-refractivity contribution in [3.63, 3.8) is 0 Å². The number of aliphatic hydroxyl groups excluding tert-OH is 5. The number of fused-ring (bicyclic) bond motifs is 1. The molecule has 5 rings (SSSR count). The van der Waals surface area contributed by atoms with Crippen LogP contribution in [0.1, 0.15) is 38.5 Å². The van der Waals surface area contributed by atoms with Crippen molar-refractivity contribution in [2.24, 2.45) is 28.7 Å². The van der Waals surface area contributed by atoms with Gasteiger partial charge in [0, 0.05) is 36.1 Å². The Labute approximate surface area is 282 Å². The van der Waals surface area contributed by atoms with E-state index in [1.807, 2.05) is 11.8 Å². The van der Waals surface area contributed by atoms with Crippen molar-refractivity contribution in [2.75, 3.05) is 18.9 Å². The molecule has 0 spiro atoms. The van der Waals surface area contributed by atoms with Crippen LogP contribution in [0.2, 0.25) is 0 Å². The summed E-state index contributed by atoms with van der Waals surface area (Å²) in [4.78, 5) is 21.5. The normalized spacial score (nSPS) is 45.8. The van der Waals surface area contributed by atoms with E-state index in [0.29, 0.717) is 5.25 Å². The Hall–Kier alpha value is -1.47. The van der Waals surface area contributed by atoms with Crippen LogP contribution in [0.5, 0.6) is 0 Å². The number of amides is 2. The minimum atomic E-state index is -1.44. The minimum absolute atomic E-state index is 0.0542. The van der Waals surface area contributed by atoms with Crippen molar-refractivity contribution in [3.05, 3.63) is 0 Å². The zero-order valence-corrected chi connectivity index (χ0v) is 27.4. The van der Waals surface area contributed by atoms with Crippen LogP contribution < -0.4 is 39.3 Å². The molecule has 0 aromatic heterocycles. The lowest BCUT2D eigenvalue weighted by Crippen LogP contribution is -2.68. The van der Waals surface area contributed by atoms with E-state index in [1.165, 1.54) is 0 Å². The number of rotatable bonds is 11. The minimum Gasteiger partial charge on any atom is -0.481 e. The monoisotopic (exact) mass is 711 g/mol. The second-order valence-corrected chi connectivity index (χ2v) is 14.3. The first kappa shape index (κ1) is 39.3. The number of thioether (sulfide) groups is 1. The summed E-state index contributed by atoms with van der Waals surface area (Å²) in [6, 6.07) is -2.83. The molecular formula is C28H53N7O12S. The van der Waals surface area contributed by atoms with Crippen molar-refractivity contribution in [1.82, 2.24) is 10.6 Å². The number of hydrogen-bond donors (Lipinski definition) is 13. The maximum absolute atomic E-state index is 11.1. The van der Waals surface area contributed by atoms with Crippen molar-refractivity contribution in [3.8, 4) is 0 Å². The first-order valence-electron chi connectivity index (χ1n) is 16.3. The third-order valence-corrected chi connectivity index (χ3v) is 11.0. The molecule has 4 aliphatic heterocycles. The van der Waals surface area contributed by atoms with Crippen LogP contribution in [-0.2, 0) is 23.7 Å². The second-order valence-electron chi connectivity index (χ2n) is 13.0. The molecule has 17 atom stereocenters. The molecule has 2 amide bonds. The number of carbonyl (C=O) groups excluding carboxylic acids is 1. The zero-order chi connectivity index (χ0) is 35.3. The summed E-state index contributed by atoms with van der Waals surface area (Å²) in [7, 11) is 0. The van der Waals surface area contributed by atoms with Crippen LogP contribution in [0.15, 0.2) is 0 Å². The smallest absolute Gasteiger partial charge is 0.315 e. The average Bonchev–Trinajstić information content (AvgIpc) is 3.59. The predicted octanol–water partition coefficient (Wildman–Crippen LogP) is -5.50. The van der Waals surface area contributed by atoms with E-state index >= 15 is 0 Å². The van der Waals surface area contributed by atoms with Gasteiger partial charge in [0.25, 0.3) is 0 Å². The summed E-state index contributed by atoms with van der Waals surface area (Å²) in [6.07, 6.45) is -7.88. The number of hydrogen-bond acceptors (Lipinski definition) is 17. The number of urea groups is 1. The number of ether oxygens (including phenoxy) is 4. The van der Waals surface area contributed by atoms with Gasteiger partial charge >= 0.3 is 12.0 Å². The quantitative estimate of drug-likeness (QED) is 0.0702. The summed E-state index contributed by atoms with van der Waals surface area (Å²) >= 11 is 1.87. The predicted molar refractivity (Wildman–Crippen MR) is 170 cm³/mol. The number of carboxylic acid groups (broad SMARTS) is 1. The first-order valence-corrected chi connectivity index (χ1v) is 17.4. The SMILES string of the molecule is NC[C@H]1O[C@H](O[C@H]2[C@H](O)[C@@H](O[C@H]3O[C@H](CO)[C@@H](O)[C@H](N)[C@H]3O)[C@H](N)C[C@@H]2N)[C@H](N)C[C@@H]1O.O=C(O)CCCC[C@@H]1SC[C@@H]2NC(=O)N[C@@H]21. The van der Waals surface area contributed by atoms with Crippen molar-refractivity contribution < 1.29 is 59.2 Å². The molecule has 19 nitrogen and oxygen atoms in total. The van der Waals surface area contributed by atoms with E-state index in [-0.39, 0.29) is 43.9 Å². The number of aliphatic hydroxyl groups is 5. The molecule has 0 bridgehead atoms. The van der Waals surface area contributed by atoms with Crippen LogP contribution in [0.3, 0.4) is 0 Å². The highest BCUT2D eigenvalue weighted by Gasteiger charge is 2.50. The van der Waals surface area contributed by atoms with Crippen LogP contribution in [0.4, 0.5) is 4.79 Å². The molecule has 4 heterocycles. The van der Waals surface area contributed by atoms with E-state index in [1.54, 1.807) is 0 Å². The van der Waals surface area contributed by atoms with Crippen molar-refractivity contribution in [1.29, 1.82) is 0 Å². The fourth-order valence-electron chi connectivity index (χ4n) is 6.69. The summed E-state index contributed by atoms with van der Waals surface area (Å²) in [6.45, 7) is -0.499. The molecule has 4 saturated heterocycles. The molecule has 1 saturated carbocycles. The van der Waals surface area contributed by atoms with Crippen LogP contribution in [0, 0.1) is 0 Å². The Bertz CT molecular complexity index is 1060. The number of nitrogens with two attached hydrogens (primary N) is 5. The number of aliphatic carboxylic acids is 1. The molecule has 20 heteroatoms. The van der Waals surface area contributed by atoms with Gasteiger partial charge in [-0.05, 0) is 25.7 Å². The van der Waals surface area contributed by atoms with Gasteiger partial charge in [0.1, 0.15) is 36.6 Å². The Morgan fingerprint density at radius 1 is 0.875 bits per heavy atom. The standard InChI is InChI=1S/C18H37N5O9.C10H16N2O3S/c19-3-9-8(25)2-7(22)17(29-9)31-15-5(20)1-6(21)16(14(15)28)32-18-13(27)11(23)12(26)10(4-24)30-18;13-8(14)4-2-1-3-7-9-6(5-16-7)11-10(15)12-9/h5-18,24-28H,1-4,19-23H2;6-7,9H,1-5H2,(H,13,14)(H2,11,12,15)/t5-,6+,7+,8-,9+,10+,11-,12+,13+,14-,15+,16-,17+,18+;6-,7-,9-/m00/s1. The van der Waals surface area contributed by atoms with Crippen LogP contribution in [-0.4, -0.2) is 164 Å². The average molecular weight is 712 g/mol. The summed E-state index contributed by atoms with van der Waals surface area (Å²) in [5.41, 5.74) is 29.8. The highest BCUT2D eigenvalue weighted by atomic mass is 32.2. The highest BCUT2D eigenvalue weighted by Crippen LogP contribution is 2.33. The summed E-state index contributed by atoms with van der Waals surface area (Å²) < 4.78 is 22.7. The van der Waals surface area contributed by atoms with Crippen molar-refractivity contribution >= 4 is 23.8 Å². The molecule has 1 aliphatic carbocycles. The van der Waals surface area contributed by atoms with E-state index in [9.17, 15) is 35.1 Å². The van der Waals surface area contributed by atoms with E-state index < -0.39 is 98.2 Å². The Kier molecular flexibility index (Phi) is 14.5. The second kappa shape index (κ2) is 17.6. The van der Waals surface area contributed by atoms with Gasteiger partial charge in [0.2, 0.25) is 0 Å². The molecule has 48 heavy (non-hydrogen) atoms. The maximum Gasteiger partial charge on any atom is 0.315 e. The topological polar surface area (TPSA) is 347 Å². The van der Waals surface area contributed by atoms with Crippen LogP contribution in [0.25, 0.3) is 0 Å². The lowest BCUT2D eigenvalue weighted by molar-refractivity contribution is -0.314.